The summed E-state index contributed by atoms with van der Waals surface area (Å²) in [6.45, 7) is 0.319. The average Bonchev–Trinajstić information content (AvgIpc) is 2.90. The quantitative estimate of drug-likeness (QED) is 0.599. The third-order valence-corrected chi connectivity index (χ3v) is 4.98. The molecule has 0 aliphatic rings. The molecule has 0 amide bonds. The molecule has 8 nitrogen and oxygen atoms in total. The fourth-order valence-electron chi connectivity index (χ4n) is 2.42. The van der Waals surface area contributed by atoms with Crippen LogP contribution in [0, 0.1) is 0 Å². The smallest absolute Gasteiger partial charge is 0.329 e. The van der Waals surface area contributed by atoms with Gasteiger partial charge in [0, 0.05) is 11.5 Å². The minimum Gasteiger partial charge on any atom is -0.481 e. The van der Waals surface area contributed by atoms with Gasteiger partial charge in [0.1, 0.15) is 0 Å². The van der Waals surface area contributed by atoms with Crippen molar-refractivity contribution < 1.29 is 9.90 Å². The molecule has 0 atom stereocenters. The molecule has 0 aliphatic carbocycles. The second-order valence-corrected chi connectivity index (χ2v) is 7.14. The van der Waals surface area contributed by atoms with Gasteiger partial charge < -0.3 is 9.67 Å². The van der Waals surface area contributed by atoms with E-state index in [2.05, 4.69) is 25.9 Å². The zero-order chi connectivity index (χ0) is 18.1. The largest absolute Gasteiger partial charge is 0.481 e. The molecule has 0 saturated heterocycles. The zero-order valence-corrected chi connectivity index (χ0v) is 15.4. The van der Waals surface area contributed by atoms with E-state index in [1.165, 1.54) is 11.6 Å². The summed E-state index contributed by atoms with van der Waals surface area (Å²) in [7, 11) is 1.50. The predicted molar refractivity (Wildman–Crippen MR) is 97.2 cm³/mol. The molecule has 10 heteroatoms. The highest BCUT2D eigenvalue weighted by Crippen LogP contribution is 2.23. The number of carboxylic acids is 1. The van der Waals surface area contributed by atoms with Gasteiger partial charge in [0.05, 0.1) is 12.3 Å². The molecule has 0 spiro atoms. The van der Waals surface area contributed by atoms with E-state index in [0.29, 0.717) is 11.7 Å². The van der Waals surface area contributed by atoms with Crippen LogP contribution in [0.5, 0.6) is 0 Å². The van der Waals surface area contributed by atoms with Crippen LogP contribution in [-0.2, 0) is 18.4 Å². The van der Waals surface area contributed by atoms with E-state index >= 15 is 0 Å². The van der Waals surface area contributed by atoms with E-state index in [-0.39, 0.29) is 16.9 Å². The van der Waals surface area contributed by atoms with Crippen molar-refractivity contribution in [2.24, 2.45) is 7.05 Å². The van der Waals surface area contributed by atoms with Crippen LogP contribution in [0.3, 0.4) is 0 Å². The number of aromatic nitrogens is 4. The summed E-state index contributed by atoms with van der Waals surface area (Å²) in [5.74, 6) is -1.19. The summed E-state index contributed by atoms with van der Waals surface area (Å²) in [6, 6.07) is 7.53. The van der Waals surface area contributed by atoms with Crippen LogP contribution < -0.4 is 11.2 Å². The van der Waals surface area contributed by atoms with Gasteiger partial charge in [0.2, 0.25) is 0 Å². The molecule has 3 rings (SSSR count). The van der Waals surface area contributed by atoms with Crippen LogP contribution in [0.1, 0.15) is 5.56 Å². The van der Waals surface area contributed by atoms with Crippen molar-refractivity contribution in [1.29, 1.82) is 0 Å². The van der Waals surface area contributed by atoms with E-state index in [1.54, 1.807) is 4.57 Å². The van der Waals surface area contributed by atoms with Crippen molar-refractivity contribution in [2.75, 3.05) is 5.75 Å². The van der Waals surface area contributed by atoms with Crippen LogP contribution in [0.4, 0.5) is 0 Å². The monoisotopic (exact) mass is 424 g/mol. The summed E-state index contributed by atoms with van der Waals surface area (Å²) in [5, 5.41) is 9.30. The summed E-state index contributed by atoms with van der Waals surface area (Å²) >= 11 is 4.40. The molecule has 0 fully saturated rings. The highest BCUT2D eigenvalue weighted by molar-refractivity contribution is 9.10. The number of thioether (sulfide) groups is 1. The fraction of sp³-hybridized carbons (Fsp3) is 0.200. The molecule has 2 aromatic heterocycles. The van der Waals surface area contributed by atoms with E-state index in [9.17, 15) is 14.4 Å². The van der Waals surface area contributed by atoms with E-state index in [1.807, 2.05) is 24.3 Å². The second-order valence-electron chi connectivity index (χ2n) is 5.28. The van der Waals surface area contributed by atoms with E-state index in [0.717, 1.165) is 21.8 Å². The number of aromatic amines is 1. The molecule has 0 aliphatic heterocycles. The van der Waals surface area contributed by atoms with Crippen molar-refractivity contribution >= 4 is 44.8 Å². The third kappa shape index (κ3) is 3.54. The average molecular weight is 425 g/mol. The SMILES string of the molecule is Cn1c(=O)[nH]c(=O)c2c1nc(SCC(=O)O)n2Cc1cccc(Br)c1. The van der Waals surface area contributed by atoms with Gasteiger partial charge in [-0.1, -0.05) is 39.8 Å². The molecular formula is C15H13BrN4O4S. The Morgan fingerprint density at radius 1 is 1.40 bits per heavy atom. The number of aryl methyl sites for hydroxylation is 1. The van der Waals surface area contributed by atoms with Crippen molar-refractivity contribution in [3.05, 3.63) is 55.1 Å². The summed E-state index contributed by atoms with van der Waals surface area (Å²) in [6.07, 6.45) is 0. The highest BCUT2D eigenvalue weighted by Gasteiger charge is 2.18. The van der Waals surface area contributed by atoms with Crippen LogP contribution in [0.2, 0.25) is 0 Å². The molecule has 0 radical (unpaired) electrons. The first-order valence-corrected chi connectivity index (χ1v) is 8.93. The molecular weight excluding hydrogens is 412 g/mol. The number of imidazole rings is 1. The van der Waals surface area contributed by atoms with Crippen LogP contribution in [0.25, 0.3) is 11.2 Å². The lowest BCUT2D eigenvalue weighted by Gasteiger charge is -2.08. The maximum Gasteiger partial charge on any atom is 0.329 e. The summed E-state index contributed by atoms with van der Waals surface area (Å²) in [5.41, 5.74) is 0.230. The van der Waals surface area contributed by atoms with Gasteiger partial charge in [0.25, 0.3) is 5.56 Å². The minimum atomic E-state index is -0.992. The Balaban J connectivity index is 2.20. The molecule has 2 heterocycles. The van der Waals surface area contributed by atoms with Gasteiger partial charge in [0.15, 0.2) is 16.3 Å². The first-order valence-electron chi connectivity index (χ1n) is 7.15. The highest BCUT2D eigenvalue weighted by atomic mass is 79.9. The first-order chi connectivity index (χ1) is 11.9. The Hall–Kier alpha value is -2.33. The number of carbonyl (C=O) groups is 1. The van der Waals surface area contributed by atoms with E-state index in [4.69, 9.17) is 5.11 Å². The Bertz CT molecular complexity index is 1090. The van der Waals surface area contributed by atoms with Crippen LogP contribution in [-0.4, -0.2) is 35.9 Å². The number of halogens is 1. The zero-order valence-electron chi connectivity index (χ0n) is 13.0. The number of fused-ring (bicyclic) bond motifs is 1. The van der Waals surface area contributed by atoms with Crippen molar-refractivity contribution in [3.63, 3.8) is 0 Å². The number of carboxylic acid groups (broad SMARTS) is 1. The van der Waals surface area contributed by atoms with Crippen molar-refractivity contribution in [2.45, 2.75) is 11.7 Å². The molecule has 3 aromatic rings. The number of rotatable bonds is 5. The maximum absolute atomic E-state index is 12.3. The molecule has 0 bridgehead atoms. The van der Waals surface area contributed by atoms with Crippen LogP contribution in [0.15, 0.2) is 43.5 Å². The van der Waals surface area contributed by atoms with Crippen molar-refractivity contribution in [1.82, 2.24) is 19.1 Å². The second kappa shape index (κ2) is 6.89. The molecule has 130 valence electrons. The Labute approximate surface area is 153 Å². The van der Waals surface area contributed by atoms with Gasteiger partial charge >= 0.3 is 11.7 Å². The van der Waals surface area contributed by atoms with Gasteiger partial charge in [-0.25, -0.2) is 9.78 Å². The third-order valence-electron chi connectivity index (χ3n) is 3.53. The Kier molecular flexibility index (Phi) is 4.82. The standard InChI is InChI=1S/C15H13BrN4O4S/c1-19-12-11(13(23)18-14(19)24)20(15(17-12)25-7-10(21)22)6-8-3-2-4-9(16)5-8/h2-5H,6-7H2,1H3,(H,21,22)(H,18,23,24). The lowest BCUT2D eigenvalue weighted by molar-refractivity contribution is -0.133. The molecule has 0 saturated carbocycles. The number of hydrogen-bond donors (Lipinski definition) is 2. The molecule has 1 aromatic carbocycles. The Morgan fingerprint density at radius 3 is 2.84 bits per heavy atom. The fourth-order valence-corrected chi connectivity index (χ4v) is 3.58. The van der Waals surface area contributed by atoms with Crippen LogP contribution >= 0.6 is 27.7 Å². The number of nitrogens with zero attached hydrogens (tertiary/aromatic N) is 3. The maximum atomic E-state index is 12.3. The normalized spacial score (nSPS) is 11.1. The lowest BCUT2D eigenvalue weighted by Crippen LogP contribution is -2.29. The number of nitrogens with one attached hydrogen (secondary N) is 1. The van der Waals surface area contributed by atoms with E-state index < -0.39 is 17.2 Å². The minimum absolute atomic E-state index is 0.201. The predicted octanol–water partition coefficient (Wildman–Crippen LogP) is 1.41. The summed E-state index contributed by atoms with van der Waals surface area (Å²) < 4.78 is 3.75. The number of benzene rings is 1. The number of aliphatic carboxylic acids is 1. The molecule has 0 unspecified atom stereocenters. The topological polar surface area (TPSA) is 110 Å². The molecule has 25 heavy (non-hydrogen) atoms. The first kappa shape index (κ1) is 17.5. The number of hydrogen-bond acceptors (Lipinski definition) is 5. The van der Waals surface area contributed by atoms with Gasteiger partial charge in [-0.05, 0) is 17.7 Å². The van der Waals surface area contributed by atoms with Crippen molar-refractivity contribution in [3.8, 4) is 0 Å². The lowest BCUT2D eigenvalue weighted by atomic mass is 10.2. The Morgan fingerprint density at radius 2 is 2.16 bits per heavy atom. The number of H-pyrrole nitrogens is 1. The van der Waals surface area contributed by atoms with Gasteiger partial charge in [-0.2, -0.15) is 0 Å². The molecule has 2 N–H and O–H groups in total. The van der Waals surface area contributed by atoms with Gasteiger partial charge in [-0.3, -0.25) is 19.1 Å². The van der Waals surface area contributed by atoms with Gasteiger partial charge in [-0.15, -0.1) is 0 Å². The summed E-state index contributed by atoms with van der Waals surface area (Å²) in [4.78, 5) is 41.6.